The van der Waals surface area contributed by atoms with Crippen molar-refractivity contribution in [3.8, 4) is 11.5 Å². The molecule has 0 aliphatic carbocycles. The van der Waals surface area contributed by atoms with Crippen LogP contribution in [0.2, 0.25) is 0 Å². The molecule has 0 aromatic heterocycles. The quantitative estimate of drug-likeness (QED) is 0.907. The van der Waals surface area contributed by atoms with Crippen molar-refractivity contribution in [3.63, 3.8) is 0 Å². The van der Waals surface area contributed by atoms with Crippen molar-refractivity contribution in [2.24, 2.45) is 5.92 Å². The standard InChI is InChI=1S/C13H17BrO4/c1-7-6-10(17-3)12(18-4)9(11(7)14)5-8(2)13(15)16/h6,8H,5H2,1-4H3,(H,15,16). The normalized spacial score (nSPS) is 12.1. The van der Waals surface area contributed by atoms with E-state index in [9.17, 15) is 4.79 Å². The maximum atomic E-state index is 11.0. The SMILES string of the molecule is COc1cc(C)c(Br)c(CC(C)C(=O)O)c1OC. The van der Waals surface area contributed by atoms with E-state index in [4.69, 9.17) is 14.6 Å². The predicted octanol–water partition coefficient (Wildman–Crippen LogP) is 3.04. The van der Waals surface area contributed by atoms with E-state index in [1.54, 1.807) is 21.1 Å². The van der Waals surface area contributed by atoms with E-state index >= 15 is 0 Å². The highest BCUT2D eigenvalue weighted by Crippen LogP contribution is 2.39. The van der Waals surface area contributed by atoms with E-state index in [0.717, 1.165) is 15.6 Å². The Balaban J connectivity index is 3.30. The van der Waals surface area contributed by atoms with Crippen LogP contribution in [-0.2, 0) is 11.2 Å². The number of carbonyl (C=O) groups is 1. The van der Waals surface area contributed by atoms with E-state index in [1.165, 1.54) is 0 Å². The van der Waals surface area contributed by atoms with E-state index in [0.29, 0.717) is 17.9 Å². The van der Waals surface area contributed by atoms with Crippen molar-refractivity contribution < 1.29 is 19.4 Å². The number of ether oxygens (including phenoxy) is 2. The molecule has 0 aliphatic rings. The van der Waals surface area contributed by atoms with Gasteiger partial charge in [-0.15, -0.1) is 0 Å². The van der Waals surface area contributed by atoms with Gasteiger partial charge in [-0.05, 0) is 25.0 Å². The molecule has 1 unspecified atom stereocenters. The molecule has 0 spiro atoms. The van der Waals surface area contributed by atoms with Gasteiger partial charge in [0.1, 0.15) is 0 Å². The van der Waals surface area contributed by atoms with Crippen LogP contribution < -0.4 is 9.47 Å². The number of methoxy groups -OCH3 is 2. The highest BCUT2D eigenvalue weighted by molar-refractivity contribution is 9.10. The smallest absolute Gasteiger partial charge is 0.306 e. The number of carboxylic acid groups (broad SMARTS) is 1. The molecule has 0 heterocycles. The number of carboxylic acids is 1. The highest BCUT2D eigenvalue weighted by Gasteiger charge is 2.21. The van der Waals surface area contributed by atoms with Gasteiger partial charge in [0.05, 0.1) is 20.1 Å². The third-order valence-electron chi connectivity index (χ3n) is 2.81. The monoisotopic (exact) mass is 316 g/mol. The Hall–Kier alpha value is -1.23. The van der Waals surface area contributed by atoms with E-state index in [-0.39, 0.29) is 0 Å². The number of aryl methyl sites for hydroxylation is 1. The number of hydrogen-bond donors (Lipinski definition) is 1. The summed E-state index contributed by atoms with van der Waals surface area (Å²) in [5.41, 5.74) is 1.81. The third-order valence-corrected chi connectivity index (χ3v) is 3.92. The second-order valence-corrected chi connectivity index (χ2v) is 4.96. The average molecular weight is 317 g/mol. The summed E-state index contributed by atoms with van der Waals surface area (Å²) in [5.74, 6) is -0.111. The average Bonchev–Trinajstić information content (AvgIpc) is 2.34. The fourth-order valence-corrected chi connectivity index (χ4v) is 2.22. The predicted molar refractivity (Wildman–Crippen MR) is 72.5 cm³/mol. The minimum absolute atomic E-state index is 0.386. The van der Waals surface area contributed by atoms with Gasteiger partial charge in [0.2, 0.25) is 0 Å². The maximum Gasteiger partial charge on any atom is 0.306 e. The first-order chi connectivity index (χ1) is 8.42. The Labute approximate surface area is 115 Å². The number of hydrogen-bond acceptors (Lipinski definition) is 3. The molecule has 0 bridgehead atoms. The van der Waals surface area contributed by atoms with Gasteiger partial charge in [0, 0.05) is 10.0 Å². The van der Waals surface area contributed by atoms with Crippen molar-refractivity contribution in [1.29, 1.82) is 0 Å². The van der Waals surface area contributed by atoms with Crippen molar-refractivity contribution in [2.45, 2.75) is 20.3 Å². The third kappa shape index (κ3) is 2.96. The summed E-state index contributed by atoms with van der Waals surface area (Å²) in [5, 5.41) is 9.01. The molecule has 1 atom stereocenters. The summed E-state index contributed by atoms with van der Waals surface area (Å²) in [6.07, 6.45) is 0.386. The zero-order valence-corrected chi connectivity index (χ0v) is 12.5. The second-order valence-electron chi connectivity index (χ2n) is 4.16. The molecule has 5 heteroatoms. The zero-order valence-electron chi connectivity index (χ0n) is 10.9. The van der Waals surface area contributed by atoms with Crippen LogP contribution in [0.1, 0.15) is 18.1 Å². The summed E-state index contributed by atoms with van der Waals surface area (Å²) in [6.45, 7) is 3.60. The maximum absolute atomic E-state index is 11.0. The first-order valence-corrected chi connectivity index (χ1v) is 6.34. The first-order valence-electron chi connectivity index (χ1n) is 5.55. The number of halogens is 1. The van der Waals surface area contributed by atoms with Gasteiger partial charge >= 0.3 is 5.97 Å². The Morgan fingerprint density at radius 3 is 2.50 bits per heavy atom. The number of rotatable bonds is 5. The Morgan fingerprint density at radius 1 is 1.44 bits per heavy atom. The van der Waals surface area contributed by atoms with Crippen molar-refractivity contribution in [2.75, 3.05) is 14.2 Å². The van der Waals surface area contributed by atoms with Crippen LogP contribution in [-0.4, -0.2) is 25.3 Å². The Kier molecular flexibility index (Phi) is 5.02. The molecule has 0 aliphatic heterocycles. The second kappa shape index (κ2) is 6.09. The lowest BCUT2D eigenvalue weighted by Gasteiger charge is -2.17. The van der Waals surface area contributed by atoms with Gasteiger partial charge in [-0.1, -0.05) is 22.9 Å². The van der Waals surface area contributed by atoms with Crippen molar-refractivity contribution >= 4 is 21.9 Å². The fourth-order valence-electron chi connectivity index (χ4n) is 1.76. The largest absolute Gasteiger partial charge is 0.493 e. The number of benzene rings is 1. The molecular formula is C13H17BrO4. The molecule has 1 aromatic carbocycles. The lowest BCUT2D eigenvalue weighted by atomic mass is 9.98. The Bertz CT molecular complexity index is 457. The molecule has 0 saturated heterocycles. The molecule has 0 amide bonds. The highest BCUT2D eigenvalue weighted by atomic mass is 79.9. The summed E-state index contributed by atoms with van der Waals surface area (Å²) < 4.78 is 11.5. The lowest BCUT2D eigenvalue weighted by Crippen LogP contribution is -2.13. The van der Waals surface area contributed by atoms with Crippen LogP contribution in [0.15, 0.2) is 10.5 Å². The van der Waals surface area contributed by atoms with Gasteiger partial charge in [-0.3, -0.25) is 4.79 Å². The topological polar surface area (TPSA) is 55.8 Å². The van der Waals surface area contributed by atoms with Gasteiger partial charge in [-0.2, -0.15) is 0 Å². The van der Waals surface area contributed by atoms with Gasteiger partial charge < -0.3 is 14.6 Å². The molecule has 1 aromatic rings. The summed E-state index contributed by atoms with van der Waals surface area (Å²) in [7, 11) is 3.12. The van der Waals surface area contributed by atoms with Crippen LogP contribution >= 0.6 is 15.9 Å². The van der Waals surface area contributed by atoms with Crippen LogP contribution in [0.4, 0.5) is 0 Å². The summed E-state index contributed by atoms with van der Waals surface area (Å²) in [6, 6.07) is 1.86. The molecule has 100 valence electrons. The summed E-state index contributed by atoms with van der Waals surface area (Å²) in [4.78, 5) is 11.0. The minimum Gasteiger partial charge on any atom is -0.493 e. The van der Waals surface area contributed by atoms with Crippen LogP contribution in [0.5, 0.6) is 11.5 Å². The van der Waals surface area contributed by atoms with Gasteiger partial charge in [-0.25, -0.2) is 0 Å². The molecule has 1 N–H and O–H groups in total. The molecule has 0 fully saturated rings. The van der Waals surface area contributed by atoms with E-state index in [1.807, 2.05) is 13.0 Å². The molecule has 18 heavy (non-hydrogen) atoms. The minimum atomic E-state index is -0.829. The first kappa shape index (κ1) is 14.8. The van der Waals surface area contributed by atoms with E-state index in [2.05, 4.69) is 15.9 Å². The Morgan fingerprint density at radius 2 is 2.06 bits per heavy atom. The van der Waals surface area contributed by atoms with Crippen molar-refractivity contribution in [1.82, 2.24) is 0 Å². The van der Waals surface area contributed by atoms with E-state index < -0.39 is 11.9 Å². The van der Waals surface area contributed by atoms with Gasteiger partial charge in [0.15, 0.2) is 11.5 Å². The van der Waals surface area contributed by atoms with Crippen LogP contribution in [0, 0.1) is 12.8 Å². The lowest BCUT2D eigenvalue weighted by molar-refractivity contribution is -0.141. The molecular weight excluding hydrogens is 300 g/mol. The van der Waals surface area contributed by atoms with Crippen LogP contribution in [0.3, 0.4) is 0 Å². The molecule has 1 rings (SSSR count). The molecule has 4 nitrogen and oxygen atoms in total. The molecule has 0 radical (unpaired) electrons. The van der Waals surface area contributed by atoms with Gasteiger partial charge in [0.25, 0.3) is 0 Å². The zero-order chi connectivity index (χ0) is 13.9. The number of aliphatic carboxylic acids is 1. The summed E-state index contributed by atoms with van der Waals surface area (Å²) >= 11 is 3.48. The van der Waals surface area contributed by atoms with Crippen LogP contribution in [0.25, 0.3) is 0 Å². The molecule has 0 saturated carbocycles. The van der Waals surface area contributed by atoms with Crippen molar-refractivity contribution in [3.05, 3.63) is 21.7 Å². The fraction of sp³-hybridized carbons (Fsp3) is 0.462.